The van der Waals surface area contributed by atoms with Crippen molar-refractivity contribution in [1.29, 1.82) is 0 Å². The van der Waals surface area contributed by atoms with Crippen LogP contribution in [0.15, 0.2) is 65.5 Å². The number of carbonyl (C=O) groups excluding carboxylic acids is 6. The summed E-state index contributed by atoms with van der Waals surface area (Å²) in [5, 5.41) is 11.3. The van der Waals surface area contributed by atoms with Crippen LogP contribution in [0.3, 0.4) is 0 Å². The minimum atomic E-state index is -4.19. The lowest BCUT2D eigenvalue weighted by Gasteiger charge is -2.31. The summed E-state index contributed by atoms with van der Waals surface area (Å²) in [4.78, 5) is 90.5. The number of aliphatic imine (C=N–C) groups is 1. The number of fused-ring (bicyclic) bond motifs is 1. The van der Waals surface area contributed by atoms with Gasteiger partial charge in [-0.25, -0.2) is 13.1 Å². The second kappa shape index (κ2) is 26.1. The molecule has 3 aliphatic heterocycles. The van der Waals surface area contributed by atoms with E-state index in [2.05, 4.69) is 44.1 Å². The SMILES string of the molecule is C=CCCCNC(=O)[C@@H]1CCCN1C(=O)[C@H](CCCN=C(N)NS(=O)(=O)c1c(C)c(C)c2c(c1C)CC(C)(C)O2)NC(=O)[C@H](C)NC(=O)[C@@H]1CCCN1C(=O)[C@H](Cc1ccccc1)NC(=O)[C@@H](N)CCCC=C. The highest BCUT2D eigenvalue weighted by Gasteiger charge is 2.41. The number of amides is 6. The van der Waals surface area contributed by atoms with Crippen LogP contribution in [0.4, 0.5) is 0 Å². The number of allylic oxidation sites excluding steroid dienone is 2. The van der Waals surface area contributed by atoms with Crippen molar-refractivity contribution in [3.63, 3.8) is 0 Å². The average Bonchev–Trinajstić information content (AvgIpc) is 4.12. The molecule has 6 atom stereocenters. The third-order valence-electron chi connectivity index (χ3n) is 13.8. The smallest absolute Gasteiger partial charge is 0.264 e. The Balaban J connectivity index is 1.28. The number of unbranched alkanes of at least 4 members (excludes halogenated alkanes) is 2. The second-order valence-corrected chi connectivity index (χ2v) is 21.7. The van der Waals surface area contributed by atoms with Gasteiger partial charge in [0.05, 0.1) is 10.9 Å². The van der Waals surface area contributed by atoms with Crippen LogP contribution in [0.5, 0.6) is 5.75 Å². The van der Waals surface area contributed by atoms with Gasteiger partial charge in [0.25, 0.3) is 10.0 Å². The van der Waals surface area contributed by atoms with Crippen LogP contribution in [0.25, 0.3) is 0 Å². The monoisotopic (exact) mass is 1030 g/mol. The van der Waals surface area contributed by atoms with Crippen molar-refractivity contribution in [3.05, 3.63) is 83.5 Å². The standard InChI is InChI=1S/C53H78N10O9S/c1-9-11-14-23-39(54)47(65)60-41(31-37-21-15-13-16-22-37)51(69)63-30-20-26-43(63)49(67)58-36(6)46(64)59-40(50(68)62-29-19-25-42(62)48(66)56-27-17-12-10-2)24-18-28-57-52(55)61-73(70,71)45-34(4)33(3)44-38(35(45)5)32-53(7,8)72-44/h9-10,13,15-16,21-22,36,39-43H,1-2,11-12,14,17-20,23-32,54H2,3-8H3,(H,56,66)(H,58,67)(H,59,64)(H,60,65)(H3,55,57,61)/t36-,39-,40-,41-,42-,43-/m0/s1. The molecular formula is C53H78N10O9S. The number of hydrogen-bond acceptors (Lipinski definition) is 11. The molecule has 9 N–H and O–H groups in total. The third-order valence-corrected chi connectivity index (χ3v) is 15.4. The van der Waals surface area contributed by atoms with Crippen LogP contribution in [0, 0.1) is 20.8 Å². The van der Waals surface area contributed by atoms with Gasteiger partial charge in [-0.1, -0.05) is 42.5 Å². The fourth-order valence-electron chi connectivity index (χ4n) is 9.82. The van der Waals surface area contributed by atoms with E-state index in [1.807, 2.05) is 51.1 Å². The minimum absolute atomic E-state index is 0.0221. The van der Waals surface area contributed by atoms with E-state index in [4.69, 9.17) is 16.2 Å². The van der Waals surface area contributed by atoms with Gasteiger partial charge in [-0.15, -0.1) is 13.2 Å². The molecule has 20 heteroatoms. The van der Waals surface area contributed by atoms with Gasteiger partial charge in [-0.3, -0.25) is 33.8 Å². The maximum atomic E-state index is 14.4. The zero-order valence-corrected chi connectivity index (χ0v) is 44.3. The van der Waals surface area contributed by atoms with Gasteiger partial charge >= 0.3 is 0 Å². The molecular weight excluding hydrogens is 953 g/mol. The molecule has 2 fully saturated rings. The van der Waals surface area contributed by atoms with Crippen molar-refractivity contribution in [1.82, 2.24) is 35.8 Å². The van der Waals surface area contributed by atoms with Gasteiger partial charge < -0.3 is 47.3 Å². The Kier molecular flexibility index (Phi) is 20.6. The van der Waals surface area contributed by atoms with Crippen molar-refractivity contribution in [3.8, 4) is 5.75 Å². The van der Waals surface area contributed by atoms with E-state index in [0.29, 0.717) is 87.6 Å². The molecule has 2 saturated heterocycles. The predicted octanol–water partition coefficient (Wildman–Crippen LogP) is 3.16. The summed E-state index contributed by atoms with van der Waals surface area (Å²) in [5.41, 5.74) is 15.3. The molecule has 2 aromatic carbocycles. The molecule has 0 radical (unpaired) electrons. The number of sulfonamides is 1. The number of carbonyl (C=O) groups is 6. The molecule has 73 heavy (non-hydrogen) atoms. The Morgan fingerprint density at radius 2 is 1.42 bits per heavy atom. The van der Waals surface area contributed by atoms with Crippen LogP contribution < -0.4 is 42.2 Å². The largest absolute Gasteiger partial charge is 0.487 e. The zero-order chi connectivity index (χ0) is 53.6. The first kappa shape index (κ1) is 57.6. The first-order chi connectivity index (χ1) is 34.6. The molecule has 0 bridgehead atoms. The Hall–Kier alpha value is -6.28. The Labute approximate surface area is 431 Å². The number of nitrogens with one attached hydrogen (secondary N) is 5. The highest BCUT2D eigenvalue weighted by Crippen LogP contribution is 2.43. The van der Waals surface area contributed by atoms with Crippen LogP contribution in [0.2, 0.25) is 0 Å². The number of nitrogens with two attached hydrogens (primary N) is 2. The lowest BCUT2D eigenvalue weighted by molar-refractivity contribution is -0.143. The highest BCUT2D eigenvalue weighted by molar-refractivity contribution is 7.90. The number of rotatable bonds is 25. The predicted molar refractivity (Wildman–Crippen MR) is 281 cm³/mol. The topological polar surface area (TPSA) is 277 Å². The fraction of sp³-hybridized carbons (Fsp3) is 0.566. The van der Waals surface area contributed by atoms with E-state index in [0.717, 1.165) is 16.7 Å². The van der Waals surface area contributed by atoms with E-state index in [1.165, 1.54) is 16.7 Å². The molecule has 3 aliphatic rings. The van der Waals surface area contributed by atoms with E-state index >= 15 is 0 Å². The molecule has 0 aromatic heterocycles. The van der Waals surface area contributed by atoms with Gasteiger partial charge in [0.15, 0.2) is 0 Å². The van der Waals surface area contributed by atoms with E-state index in [1.54, 1.807) is 26.0 Å². The van der Waals surface area contributed by atoms with Crippen molar-refractivity contribution in [2.24, 2.45) is 16.5 Å². The van der Waals surface area contributed by atoms with E-state index in [-0.39, 0.29) is 55.7 Å². The fourth-order valence-corrected chi connectivity index (χ4v) is 11.3. The summed E-state index contributed by atoms with van der Waals surface area (Å²) in [5.74, 6) is -2.69. The summed E-state index contributed by atoms with van der Waals surface area (Å²) < 4.78 is 36.2. The zero-order valence-electron chi connectivity index (χ0n) is 43.5. The second-order valence-electron chi connectivity index (χ2n) is 20.0. The normalized spacial score (nSPS) is 18.9. The number of hydrogen-bond donors (Lipinski definition) is 7. The quantitative estimate of drug-likeness (QED) is 0.0329. The molecule has 5 rings (SSSR count). The van der Waals surface area contributed by atoms with Crippen LogP contribution >= 0.6 is 0 Å². The van der Waals surface area contributed by atoms with Crippen LogP contribution in [-0.2, 0) is 51.6 Å². The molecule has 0 aliphatic carbocycles. The summed E-state index contributed by atoms with van der Waals surface area (Å²) in [6, 6.07) is 3.26. The highest BCUT2D eigenvalue weighted by atomic mass is 32.2. The Bertz CT molecular complexity index is 2500. The van der Waals surface area contributed by atoms with Gasteiger partial charge in [-0.2, -0.15) is 0 Å². The van der Waals surface area contributed by atoms with E-state index in [9.17, 15) is 37.2 Å². The van der Waals surface area contributed by atoms with Crippen molar-refractivity contribution < 1.29 is 41.9 Å². The summed E-state index contributed by atoms with van der Waals surface area (Å²) in [6.07, 6.45) is 9.31. The van der Waals surface area contributed by atoms with Crippen molar-refractivity contribution in [2.45, 2.75) is 172 Å². The number of ether oxygens (including phenoxy) is 1. The number of guanidine groups is 1. The Morgan fingerprint density at radius 1 is 0.822 bits per heavy atom. The molecule has 6 amide bonds. The molecule has 0 spiro atoms. The maximum Gasteiger partial charge on any atom is 0.264 e. The average molecular weight is 1030 g/mol. The molecule has 2 aromatic rings. The third kappa shape index (κ3) is 15.1. The lowest BCUT2D eigenvalue weighted by Crippen LogP contribution is -2.59. The molecule has 0 unspecified atom stereocenters. The summed E-state index contributed by atoms with van der Waals surface area (Å²) in [6.45, 7) is 19.0. The number of benzene rings is 2. The van der Waals surface area contributed by atoms with Gasteiger partial charge in [0.2, 0.25) is 41.4 Å². The van der Waals surface area contributed by atoms with Gasteiger partial charge in [0, 0.05) is 44.6 Å². The number of nitrogens with zero attached hydrogens (tertiary/aromatic N) is 3. The summed E-state index contributed by atoms with van der Waals surface area (Å²) >= 11 is 0. The first-order valence-electron chi connectivity index (χ1n) is 25.6. The Morgan fingerprint density at radius 3 is 2.07 bits per heavy atom. The van der Waals surface area contributed by atoms with Crippen LogP contribution in [0.1, 0.15) is 119 Å². The summed E-state index contributed by atoms with van der Waals surface area (Å²) in [7, 11) is -4.19. The molecule has 400 valence electrons. The van der Waals surface area contributed by atoms with Gasteiger partial charge in [-0.05, 0) is 134 Å². The lowest BCUT2D eigenvalue weighted by atomic mass is 9.94. The molecule has 19 nitrogen and oxygen atoms in total. The number of likely N-dealkylation sites (tertiary alicyclic amines) is 2. The first-order valence-corrected chi connectivity index (χ1v) is 27.0. The van der Waals surface area contributed by atoms with Crippen molar-refractivity contribution in [2.75, 3.05) is 26.2 Å². The van der Waals surface area contributed by atoms with E-state index < -0.39 is 81.4 Å². The maximum absolute atomic E-state index is 14.4. The molecule has 0 saturated carbocycles. The molecule has 3 heterocycles. The van der Waals surface area contributed by atoms with Crippen molar-refractivity contribution >= 4 is 51.4 Å². The minimum Gasteiger partial charge on any atom is -0.487 e. The van der Waals surface area contributed by atoms with Crippen LogP contribution in [-0.4, -0.2) is 128 Å². The van der Waals surface area contributed by atoms with Gasteiger partial charge in [0.1, 0.15) is 41.6 Å².